The zero-order valence-corrected chi connectivity index (χ0v) is 23.3. The Hall–Kier alpha value is -4.70. The fourth-order valence-electron chi connectivity index (χ4n) is 6.18. The summed E-state index contributed by atoms with van der Waals surface area (Å²) < 4.78 is 7.68. The number of anilines is 2. The normalized spacial score (nSPS) is 17.1. The van der Waals surface area contributed by atoms with Gasteiger partial charge >= 0.3 is 0 Å². The molecule has 7 rings (SSSR count). The van der Waals surface area contributed by atoms with Crippen LogP contribution in [0.3, 0.4) is 0 Å². The highest BCUT2D eigenvalue weighted by molar-refractivity contribution is 6.06. The van der Waals surface area contributed by atoms with Crippen molar-refractivity contribution in [1.29, 1.82) is 0 Å². The number of rotatable bonds is 6. The van der Waals surface area contributed by atoms with Gasteiger partial charge in [-0.05, 0) is 55.9 Å². The Labute approximate surface area is 237 Å². The number of nitrogens with zero attached hydrogens (tertiary/aromatic N) is 5. The Morgan fingerprint density at radius 3 is 2.83 bits per heavy atom. The molecule has 1 aromatic carbocycles. The molecule has 41 heavy (non-hydrogen) atoms. The standard InChI is InChI=1S/C31H31N7O3/c1-36(2)17-23-19(18-4-11-29(39)37(3)16-18)6-9-27(35-23)34-22-7-5-20(21-14-33-31(40)30(21)22)25-15-32-28-10-8-26-24(38(25)28)12-13-41-26/h5-10,12-13,15,18H,4,11,14,16-17H2,1-3H3,(H,33,40)(H,34,35)/t18-/m1/s1. The van der Waals surface area contributed by atoms with Gasteiger partial charge in [-0.25, -0.2) is 9.97 Å². The summed E-state index contributed by atoms with van der Waals surface area (Å²) in [5.74, 6) is 0.994. The molecule has 0 aliphatic carbocycles. The quantitative estimate of drug-likeness (QED) is 0.321. The smallest absolute Gasteiger partial charge is 0.254 e. The summed E-state index contributed by atoms with van der Waals surface area (Å²) in [7, 11) is 5.91. The monoisotopic (exact) mass is 549 g/mol. The van der Waals surface area contributed by atoms with E-state index in [4.69, 9.17) is 9.40 Å². The predicted molar refractivity (Wildman–Crippen MR) is 156 cm³/mol. The second kappa shape index (κ2) is 9.74. The molecule has 2 aliphatic heterocycles. The van der Waals surface area contributed by atoms with Crippen LogP contribution in [0.15, 0.2) is 59.3 Å². The van der Waals surface area contributed by atoms with Crippen LogP contribution in [0.4, 0.5) is 11.5 Å². The van der Waals surface area contributed by atoms with Crippen molar-refractivity contribution in [1.82, 2.24) is 29.5 Å². The molecule has 1 fully saturated rings. The van der Waals surface area contributed by atoms with Crippen LogP contribution in [0, 0.1) is 0 Å². The molecule has 208 valence electrons. The molecule has 1 saturated heterocycles. The summed E-state index contributed by atoms with van der Waals surface area (Å²) >= 11 is 0. The molecule has 2 aliphatic rings. The summed E-state index contributed by atoms with van der Waals surface area (Å²) in [6.07, 6.45) is 4.89. The molecular formula is C31H31N7O3. The summed E-state index contributed by atoms with van der Waals surface area (Å²) in [5.41, 5.74) is 8.74. The van der Waals surface area contributed by atoms with E-state index in [2.05, 4.69) is 31.0 Å². The zero-order valence-electron chi connectivity index (χ0n) is 23.3. The van der Waals surface area contributed by atoms with Crippen molar-refractivity contribution in [3.05, 3.63) is 77.3 Å². The number of piperidine rings is 1. The first-order valence-corrected chi connectivity index (χ1v) is 13.8. The van der Waals surface area contributed by atoms with Crippen molar-refractivity contribution in [3.8, 4) is 11.3 Å². The van der Waals surface area contributed by atoms with Gasteiger partial charge in [-0.1, -0.05) is 12.1 Å². The Morgan fingerprint density at radius 1 is 1.12 bits per heavy atom. The van der Waals surface area contributed by atoms with Gasteiger partial charge in [-0.3, -0.25) is 14.0 Å². The number of amides is 2. The van der Waals surface area contributed by atoms with Crippen LogP contribution in [-0.4, -0.2) is 63.7 Å². The lowest BCUT2D eigenvalue weighted by Crippen LogP contribution is -2.36. The number of likely N-dealkylation sites (N-methyl/N-ethyl adjacent to an activating group) is 1. The Balaban J connectivity index is 1.26. The van der Waals surface area contributed by atoms with Crippen LogP contribution in [0.1, 0.15) is 45.9 Å². The first-order valence-electron chi connectivity index (χ1n) is 13.8. The zero-order chi connectivity index (χ0) is 28.2. The van der Waals surface area contributed by atoms with Gasteiger partial charge in [-0.2, -0.15) is 0 Å². The lowest BCUT2D eigenvalue weighted by Gasteiger charge is -2.31. The van der Waals surface area contributed by atoms with E-state index in [9.17, 15) is 9.59 Å². The molecule has 5 aromatic rings. The molecule has 0 radical (unpaired) electrons. The van der Waals surface area contributed by atoms with Gasteiger partial charge in [-0.15, -0.1) is 0 Å². The number of furan rings is 1. The lowest BCUT2D eigenvalue weighted by molar-refractivity contribution is -0.132. The molecule has 10 heteroatoms. The SMILES string of the molecule is CN(C)Cc1nc(Nc2ccc(-c3cnc4ccc5occc5n34)c3c2C(=O)NC3)ccc1[C@@H]1CCC(=O)N(C)C1. The van der Waals surface area contributed by atoms with E-state index in [1.165, 1.54) is 5.56 Å². The van der Waals surface area contributed by atoms with Gasteiger partial charge in [0.05, 0.1) is 40.6 Å². The summed E-state index contributed by atoms with van der Waals surface area (Å²) in [5, 5.41) is 6.44. The van der Waals surface area contributed by atoms with E-state index in [0.717, 1.165) is 45.7 Å². The van der Waals surface area contributed by atoms with E-state index in [1.54, 1.807) is 6.26 Å². The number of hydrogen-bond acceptors (Lipinski definition) is 7. The van der Waals surface area contributed by atoms with Crippen LogP contribution in [0.5, 0.6) is 0 Å². The number of fused-ring (bicyclic) bond motifs is 4. The Morgan fingerprint density at radius 2 is 2.00 bits per heavy atom. The first kappa shape index (κ1) is 25.3. The van der Waals surface area contributed by atoms with Crippen LogP contribution in [0.25, 0.3) is 28.0 Å². The number of imidazole rings is 1. The Kier molecular flexibility index (Phi) is 6.01. The molecule has 0 unspecified atom stereocenters. The van der Waals surface area contributed by atoms with Crippen LogP contribution in [0.2, 0.25) is 0 Å². The minimum absolute atomic E-state index is 0.119. The highest BCUT2D eigenvalue weighted by Crippen LogP contribution is 2.37. The molecule has 10 nitrogen and oxygen atoms in total. The summed E-state index contributed by atoms with van der Waals surface area (Å²) in [6.45, 7) is 1.80. The predicted octanol–water partition coefficient (Wildman–Crippen LogP) is 4.53. The highest BCUT2D eigenvalue weighted by atomic mass is 16.3. The minimum Gasteiger partial charge on any atom is -0.463 e. The summed E-state index contributed by atoms with van der Waals surface area (Å²) in [6, 6.07) is 13.8. The van der Waals surface area contributed by atoms with E-state index in [1.807, 2.05) is 68.6 Å². The molecular weight excluding hydrogens is 518 g/mol. The molecule has 2 amide bonds. The van der Waals surface area contributed by atoms with Crippen LogP contribution < -0.4 is 10.6 Å². The lowest BCUT2D eigenvalue weighted by atomic mass is 9.89. The minimum atomic E-state index is -0.119. The molecule has 2 N–H and O–H groups in total. The number of benzene rings is 1. The number of carbonyl (C=O) groups is 2. The fraction of sp³-hybridized carbons (Fsp3) is 0.290. The van der Waals surface area contributed by atoms with Crippen molar-refractivity contribution in [2.24, 2.45) is 0 Å². The van der Waals surface area contributed by atoms with Gasteiger partial charge in [0.15, 0.2) is 5.58 Å². The van der Waals surface area contributed by atoms with Crippen molar-refractivity contribution < 1.29 is 14.0 Å². The molecule has 1 atom stereocenters. The second-order valence-electron chi connectivity index (χ2n) is 11.1. The van der Waals surface area contributed by atoms with Crippen LogP contribution in [-0.2, 0) is 17.9 Å². The first-order chi connectivity index (χ1) is 19.9. The van der Waals surface area contributed by atoms with Gasteiger partial charge in [0.25, 0.3) is 5.91 Å². The van der Waals surface area contributed by atoms with Gasteiger partial charge < -0.3 is 24.9 Å². The van der Waals surface area contributed by atoms with Crippen molar-refractivity contribution in [2.45, 2.75) is 31.8 Å². The fourth-order valence-corrected chi connectivity index (χ4v) is 6.18. The number of aromatic nitrogens is 3. The molecule has 0 spiro atoms. The third-order valence-electron chi connectivity index (χ3n) is 8.13. The van der Waals surface area contributed by atoms with Crippen molar-refractivity contribution >= 4 is 40.1 Å². The molecule has 6 heterocycles. The number of nitrogens with one attached hydrogen (secondary N) is 2. The van der Waals surface area contributed by atoms with Gasteiger partial charge in [0.1, 0.15) is 11.5 Å². The number of hydrogen-bond donors (Lipinski definition) is 2. The average Bonchev–Trinajstić information content (AvgIpc) is 3.69. The van der Waals surface area contributed by atoms with E-state index >= 15 is 0 Å². The number of carbonyl (C=O) groups excluding carboxylic acids is 2. The molecule has 0 saturated carbocycles. The maximum absolute atomic E-state index is 13.1. The second-order valence-corrected chi connectivity index (χ2v) is 11.1. The third kappa shape index (κ3) is 4.31. The maximum Gasteiger partial charge on any atom is 0.254 e. The summed E-state index contributed by atoms with van der Waals surface area (Å²) in [4.78, 5) is 38.7. The van der Waals surface area contributed by atoms with Crippen LogP contribution >= 0.6 is 0 Å². The topological polar surface area (TPSA) is 108 Å². The molecule has 0 bridgehead atoms. The number of pyridine rings is 2. The van der Waals surface area contributed by atoms with E-state index in [-0.39, 0.29) is 17.7 Å². The Bertz CT molecular complexity index is 1840. The van der Waals surface area contributed by atoms with E-state index < -0.39 is 0 Å². The van der Waals surface area contributed by atoms with Gasteiger partial charge in [0, 0.05) is 50.7 Å². The third-order valence-corrected chi connectivity index (χ3v) is 8.13. The largest absolute Gasteiger partial charge is 0.463 e. The van der Waals surface area contributed by atoms with Crippen molar-refractivity contribution in [2.75, 3.05) is 33.0 Å². The average molecular weight is 550 g/mol. The number of likely N-dealkylation sites (tertiary alicyclic amines) is 1. The van der Waals surface area contributed by atoms with Crippen molar-refractivity contribution in [3.63, 3.8) is 0 Å². The van der Waals surface area contributed by atoms with E-state index in [0.29, 0.717) is 43.1 Å². The maximum atomic E-state index is 13.1. The molecule has 4 aromatic heterocycles. The highest BCUT2D eigenvalue weighted by Gasteiger charge is 2.29. The van der Waals surface area contributed by atoms with Gasteiger partial charge in [0.2, 0.25) is 5.91 Å².